The molecule has 6 nitrogen and oxygen atoms in total. The van der Waals surface area contributed by atoms with Crippen molar-refractivity contribution in [3.8, 4) is 0 Å². The summed E-state index contributed by atoms with van der Waals surface area (Å²) in [4.78, 5) is 22.8. The zero-order chi connectivity index (χ0) is 15.2. The minimum absolute atomic E-state index is 0.00530. The molecule has 0 aliphatic heterocycles. The minimum Gasteiger partial charge on any atom is -0.273 e. The second kappa shape index (κ2) is 6.76. The van der Waals surface area contributed by atoms with Gasteiger partial charge in [-0.25, -0.2) is 5.43 Å². The Labute approximate surface area is 125 Å². The molecule has 0 spiro atoms. The highest BCUT2D eigenvalue weighted by atomic mass is 32.1. The summed E-state index contributed by atoms with van der Waals surface area (Å²) in [6, 6.07) is 9.72. The van der Waals surface area contributed by atoms with Gasteiger partial charge in [0.15, 0.2) is 0 Å². The van der Waals surface area contributed by atoms with Crippen molar-refractivity contribution in [2.75, 3.05) is 0 Å². The number of nitrogens with zero attached hydrogens (tertiary/aromatic N) is 2. The first-order valence-electron chi connectivity index (χ1n) is 6.16. The fourth-order valence-electron chi connectivity index (χ4n) is 1.65. The SMILES string of the molecule is C/C(=N/NC(=O)Cc1ccc([N+](=O)[O-])cc1)c1cccs1. The van der Waals surface area contributed by atoms with E-state index in [1.807, 2.05) is 24.4 Å². The van der Waals surface area contributed by atoms with E-state index in [2.05, 4.69) is 10.5 Å². The molecule has 2 aromatic rings. The highest BCUT2D eigenvalue weighted by molar-refractivity contribution is 7.12. The lowest BCUT2D eigenvalue weighted by atomic mass is 10.1. The maximum Gasteiger partial charge on any atom is 0.269 e. The molecule has 0 radical (unpaired) electrons. The van der Waals surface area contributed by atoms with E-state index in [-0.39, 0.29) is 18.0 Å². The Bertz CT molecular complexity index is 663. The molecule has 0 fully saturated rings. The molecule has 0 saturated carbocycles. The number of nitrogens with one attached hydrogen (secondary N) is 1. The van der Waals surface area contributed by atoms with Crippen LogP contribution in [0.25, 0.3) is 0 Å². The number of nitro groups is 1. The average Bonchev–Trinajstić information content (AvgIpc) is 2.99. The van der Waals surface area contributed by atoms with Crippen LogP contribution in [0.5, 0.6) is 0 Å². The molecule has 0 atom stereocenters. The summed E-state index contributed by atoms with van der Waals surface area (Å²) in [5.41, 5.74) is 3.92. The van der Waals surface area contributed by atoms with Gasteiger partial charge in [0.2, 0.25) is 5.91 Å². The van der Waals surface area contributed by atoms with Gasteiger partial charge in [-0.3, -0.25) is 14.9 Å². The van der Waals surface area contributed by atoms with Crippen LogP contribution in [0.2, 0.25) is 0 Å². The van der Waals surface area contributed by atoms with Gasteiger partial charge in [0, 0.05) is 17.0 Å². The van der Waals surface area contributed by atoms with Crippen molar-refractivity contribution in [1.29, 1.82) is 0 Å². The molecule has 0 saturated heterocycles. The van der Waals surface area contributed by atoms with Gasteiger partial charge < -0.3 is 0 Å². The molecule has 1 amide bonds. The summed E-state index contributed by atoms with van der Waals surface area (Å²) < 4.78 is 0. The second-order valence-electron chi connectivity index (χ2n) is 4.31. The third kappa shape index (κ3) is 4.22. The molecule has 0 aliphatic carbocycles. The van der Waals surface area contributed by atoms with Crippen LogP contribution in [0.15, 0.2) is 46.9 Å². The topological polar surface area (TPSA) is 84.6 Å². The Kier molecular flexibility index (Phi) is 4.78. The normalized spacial score (nSPS) is 11.2. The number of benzene rings is 1. The summed E-state index contributed by atoms with van der Waals surface area (Å²) in [6.07, 6.45) is 0.124. The van der Waals surface area contributed by atoms with Gasteiger partial charge in [-0.2, -0.15) is 5.10 Å². The van der Waals surface area contributed by atoms with Gasteiger partial charge in [-0.15, -0.1) is 11.3 Å². The fraction of sp³-hybridized carbons (Fsp3) is 0.143. The van der Waals surface area contributed by atoms with Crippen LogP contribution >= 0.6 is 11.3 Å². The van der Waals surface area contributed by atoms with Gasteiger partial charge in [-0.05, 0) is 23.9 Å². The fourth-order valence-corrected chi connectivity index (χ4v) is 2.32. The average molecular weight is 303 g/mol. The van der Waals surface area contributed by atoms with E-state index in [1.54, 1.807) is 23.5 Å². The number of rotatable bonds is 5. The molecular formula is C14H13N3O3S. The summed E-state index contributed by atoms with van der Waals surface area (Å²) in [7, 11) is 0. The van der Waals surface area contributed by atoms with Gasteiger partial charge >= 0.3 is 0 Å². The van der Waals surface area contributed by atoms with Crippen molar-refractivity contribution in [1.82, 2.24) is 5.43 Å². The Morgan fingerprint density at radius 1 is 1.33 bits per heavy atom. The van der Waals surface area contributed by atoms with E-state index in [4.69, 9.17) is 0 Å². The van der Waals surface area contributed by atoms with Crippen LogP contribution in [0, 0.1) is 10.1 Å². The number of hydrazone groups is 1. The van der Waals surface area contributed by atoms with Crippen molar-refractivity contribution >= 4 is 28.6 Å². The highest BCUT2D eigenvalue weighted by Gasteiger charge is 2.07. The maximum atomic E-state index is 11.8. The molecule has 108 valence electrons. The summed E-state index contributed by atoms with van der Waals surface area (Å²) >= 11 is 1.55. The number of thiophene rings is 1. The largest absolute Gasteiger partial charge is 0.273 e. The van der Waals surface area contributed by atoms with Crippen LogP contribution in [0.4, 0.5) is 5.69 Å². The van der Waals surface area contributed by atoms with Crippen molar-refractivity contribution in [2.24, 2.45) is 5.10 Å². The molecule has 0 bridgehead atoms. The molecule has 1 aromatic heterocycles. The van der Waals surface area contributed by atoms with Crippen molar-refractivity contribution in [3.63, 3.8) is 0 Å². The Morgan fingerprint density at radius 2 is 2.05 bits per heavy atom. The molecule has 0 unspecified atom stereocenters. The van der Waals surface area contributed by atoms with Gasteiger partial charge in [0.1, 0.15) is 0 Å². The van der Waals surface area contributed by atoms with Gasteiger partial charge in [0.25, 0.3) is 5.69 Å². The maximum absolute atomic E-state index is 11.8. The summed E-state index contributed by atoms with van der Waals surface area (Å²) in [6.45, 7) is 1.82. The lowest BCUT2D eigenvalue weighted by Gasteiger charge is -2.02. The molecule has 2 rings (SSSR count). The standard InChI is InChI=1S/C14H13N3O3S/c1-10(13-3-2-8-21-13)15-16-14(18)9-11-4-6-12(7-5-11)17(19)20/h2-8H,9H2,1H3,(H,16,18)/b15-10-. The molecule has 21 heavy (non-hydrogen) atoms. The Balaban J connectivity index is 1.92. The Morgan fingerprint density at radius 3 is 2.62 bits per heavy atom. The molecular weight excluding hydrogens is 290 g/mol. The monoisotopic (exact) mass is 303 g/mol. The van der Waals surface area contributed by atoms with Gasteiger partial charge in [-0.1, -0.05) is 18.2 Å². The zero-order valence-electron chi connectivity index (χ0n) is 11.3. The number of nitro benzene ring substituents is 1. The molecule has 0 aliphatic rings. The smallest absolute Gasteiger partial charge is 0.269 e. The van der Waals surface area contributed by atoms with E-state index in [9.17, 15) is 14.9 Å². The third-order valence-corrected chi connectivity index (χ3v) is 3.72. The second-order valence-corrected chi connectivity index (χ2v) is 5.26. The number of hydrogen-bond acceptors (Lipinski definition) is 5. The summed E-state index contributed by atoms with van der Waals surface area (Å²) in [5.74, 6) is -0.264. The lowest BCUT2D eigenvalue weighted by Crippen LogP contribution is -2.21. The Hall–Kier alpha value is -2.54. The van der Waals surface area contributed by atoms with Crippen molar-refractivity contribution in [3.05, 3.63) is 62.3 Å². The van der Waals surface area contributed by atoms with Crippen LogP contribution < -0.4 is 5.43 Å². The van der Waals surface area contributed by atoms with Crippen LogP contribution in [0.3, 0.4) is 0 Å². The first-order chi connectivity index (χ1) is 10.1. The first-order valence-corrected chi connectivity index (χ1v) is 7.04. The minimum atomic E-state index is -0.474. The number of hydrogen-bond donors (Lipinski definition) is 1. The summed E-state index contributed by atoms with van der Waals surface area (Å²) in [5, 5.41) is 16.5. The van der Waals surface area contributed by atoms with Gasteiger partial charge in [0.05, 0.1) is 17.1 Å². The molecule has 1 aromatic carbocycles. The van der Waals surface area contributed by atoms with E-state index < -0.39 is 4.92 Å². The highest BCUT2D eigenvalue weighted by Crippen LogP contribution is 2.12. The predicted molar refractivity (Wildman–Crippen MR) is 81.5 cm³/mol. The van der Waals surface area contributed by atoms with Crippen molar-refractivity contribution in [2.45, 2.75) is 13.3 Å². The third-order valence-electron chi connectivity index (χ3n) is 2.74. The van der Waals surface area contributed by atoms with E-state index in [0.717, 1.165) is 10.6 Å². The lowest BCUT2D eigenvalue weighted by molar-refractivity contribution is -0.384. The van der Waals surface area contributed by atoms with Crippen LogP contribution in [-0.2, 0) is 11.2 Å². The first kappa shape index (κ1) is 14.9. The van der Waals surface area contributed by atoms with Crippen LogP contribution in [0.1, 0.15) is 17.4 Å². The number of carbonyl (C=O) groups excluding carboxylic acids is 1. The van der Waals surface area contributed by atoms with E-state index in [0.29, 0.717) is 5.56 Å². The molecule has 1 N–H and O–H groups in total. The van der Waals surface area contributed by atoms with Crippen LogP contribution in [-0.4, -0.2) is 16.5 Å². The predicted octanol–water partition coefficient (Wildman–Crippen LogP) is 2.74. The van der Waals surface area contributed by atoms with E-state index in [1.165, 1.54) is 12.1 Å². The van der Waals surface area contributed by atoms with E-state index >= 15 is 0 Å². The number of carbonyl (C=O) groups is 1. The quantitative estimate of drug-likeness (QED) is 0.523. The zero-order valence-corrected chi connectivity index (χ0v) is 12.1. The number of non-ortho nitro benzene ring substituents is 1. The number of amides is 1. The van der Waals surface area contributed by atoms with Crippen molar-refractivity contribution < 1.29 is 9.72 Å². The molecule has 1 heterocycles. The molecule has 7 heteroatoms.